The van der Waals surface area contributed by atoms with Crippen LogP contribution in [0.3, 0.4) is 0 Å². The van der Waals surface area contributed by atoms with E-state index in [0.29, 0.717) is 5.82 Å². The Morgan fingerprint density at radius 2 is 1.84 bits per heavy atom. The van der Waals surface area contributed by atoms with E-state index in [-0.39, 0.29) is 5.92 Å². The van der Waals surface area contributed by atoms with Gasteiger partial charge in [0.25, 0.3) is 0 Å². The Balaban J connectivity index is 2.34. The van der Waals surface area contributed by atoms with E-state index in [1.807, 2.05) is 38.1 Å². The molecule has 0 saturated carbocycles. The van der Waals surface area contributed by atoms with Crippen LogP contribution in [0, 0.1) is 3.57 Å². The van der Waals surface area contributed by atoms with Crippen molar-refractivity contribution < 1.29 is 0 Å². The van der Waals surface area contributed by atoms with E-state index in [2.05, 4.69) is 43.3 Å². The number of nitrogens with one attached hydrogen (secondary N) is 2. The van der Waals surface area contributed by atoms with E-state index in [0.717, 1.165) is 20.9 Å². The second-order valence-electron chi connectivity index (χ2n) is 4.40. The standard InChI is InChI=1S/C13H16IN5/c1-8(2)13-17-11(7-12(18-13)19-15)16-10-6-4-3-5-9(10)14/h3-8H,15H2,1-2H3,(H2,16,17,18,19). The monoisotopic (exact) mass is 369 g/mol. The van der Waals surface area contributed by atoms with Crippen LogP contribution in [0.4, 0.5) is 17.3 Å². The molecular formula is C13H16IN5. The van der Waals surface area contributed by atoms with E-state index >= 15 is 0 Å². The molecule has 0 unspecified atom stereocenters. The van der Waals surface area contributed by atoms with Gasteiger partial charge in [-0.25, -0.2) is 15.8 Å². The van der Waals surface area contributed by atoms with Gasteiger partial charge in [0.2, 0.25) is 0 Å². The zero-order valence-electron chi connectivity index (χ0n) is 10.8. The van der Waals surface area contributed by atoms with Crippen molar-refractivity contribution in [1.29, 1.82) is 0 Å². The number of hydrazine groups is 1. The molecule has 0 radical (unpaired) electrons. The van der Waals surface area contributed by atoms with Crippen LogP contribution in [0.1, 0.15) is 25.6 Å². The predicted molar refractivity (Wildman–Crippen MR) is 86.4 cm³/mol. The third-order valence-electron chi connectivity index (χ3n) is 2.54. The summed E-state index contributed by atoms with van der Waals surface area (Å²) in [5, 5.41) is 3.29. The molecule has 2 rings (SSSR count). The number of nitrogen functional groups attached to an aromatic ring is 1. The number of rotatable bonds is 4. The molecule has 4 N–H and O–H groups in total. The lowest BCUT2D eigenvalue weighted by Gasteiger charge is -2.12. The van der Waals surface area contributed by atoms with Gasteiger partial charge in [0, 0.05) is 15.6 Å². The van der Waals surface area contributed by atoms with Crippen LogP contribution in [0.2, 0.25) is 0 Å². The third kappa shape index (κ3) is 3.54. The largest absolute Gasteiger partial charge is 0.339 e. The third-order valence-corrected chi connectivity index (χ3v) is 3.48. The first-order chi connectivity index (χ1) is 9.10. The van der Waals surface area contributed by atoms with Crippen LogP contribution in [-0.4, -0.2) is 9.97 Å². The molecule has 6 heteroatoms. The number of halogens is 1. The topological polar surface area (TPSA) is 75.9 Å². The first kappa shape index (κ1) is 14.0. The van der Waals surface area contributed by atoms with Crippen LogP contribution >= 0.6 is 22.6 Å². The molecule has 0 spiro atoms. The van der Waals surface area contributed by atoms with Crippen molar-refractivity contribution in [2.45, 2.75) is 19.8 Å². The van der Waals surface area contributed by atoms with Crippen molar-refractivity contribution in [2.75, 3.05) is 10.7 Å². The second kappa shape index (κ2) is 6.16. The minimum Gasteiger partial charge on any atom is -0.339 e. The Kier molecular flexibility index (Phi) is 4.54. The van der Waals surface area contributed by atoms with Gasteiger partial charge in [0.05, 0.1) is 5.69 Å². The summed E-state index contributed by atoms with van der Waals surface area (Å²) in [7, 11) is 0. The van der Waals surface area contributed by atoms with E-state index in [1.165, 1.54) is 0 Å². The van der Waals surface area contributed by atoms with Gasteiger partial charge in [-0.1, -0.05) is 26.0 Å². The molecule has 0 aliphatic heterocycles. The van der Waals surface area contributed by atoms with Crippen molar-refractivity contribution in [3.63, 3.8) is 0 Å². The maximum atomic E-state index is 5.44. The molecule has 0 saturated heterocycles. The Hall–Kier alpha value is -1.41. The fourth-order valence-corrected chi connectivity index (χ4v) is 2.08. The molecule has 100 valence electrons. The number of nitrogens with two attached hydrogens (primary N) is 1. The number of nitrogens with zero attached hydrogens (tertiary/aromatic N) is 2. The van der Waals surface area contributed by atoms with E-state index in [4.69, 9.17) is 5.84 Å². The minimum atomic E-state index is 0.240. The second-order valence-corrected chi connectivity index (χ2v) is 5.56. The number of benzene rings is 1. The van der Waals surface area contributed by atoms with Crippen LogP contribution in [-0.2, 0) is 0 Å². The molecule has 0 atom stereocenters. The van der Waals surface area contributed by atoms with Gasteiger partial charge in [-0.05, 0) is 34.7 Å². The molecule has 5 nitrogen and oxygen atoms in total. The zero-order chi connectivity index (χ0) is 13.8. The highest BCUT2D eigenvalue weighted by Crippen LogP contribution is 2.23. The summed E-state index contributed by atoms with van der Waals surface area (Å²) < 4.78 is 1.13. The highest BCUT2D eigenvalue weighted by Gasteiger charge is 2.08. The lowest BCUT2D eigenvalue weighted by atomic mass is 10.2. The van der Waals surface area contributed by atoms with Gasteiger partial charge in [0.15, 0.2) is 0 Å². The van der Waals surface area contributed by atoms with Gasteiger partial charge in [-0.3, -0.25) is 0 Å². The Bertz CT molecular complexity index is 571. The van der Waals surface area contributed by atoms with Gasteiger partial charge in [-0.2, -0.15) is 0 Å². The van der Waals surface area contributed by atoms with Crippen molar-refractivity contribution in [3.05, 3.63) is 39.7 Å². The van der Waals surface area contributed by atoms with Crippen molar-refractivity contribution in [2.24, 2.45) is 5.84 Å². The highest BCUT2D eigenvalue weighted by molar-refractivity contribution is 14.1. The van der Waals surface area contributed by atoms with Crippen LogP contribution in [0.25, 0.3) is 0 Å². The van der Waals surface area contributed by atoms with E-state index in [9.17, 15) is 0 Å². The lowest BCUT2D eigenvalue weighted by Crippen LogP contribution is -2.12. The molecule has 19 heavy (non-hydrogen) atoms. The van der Waals surface area contributed by atoms with E-state index < -0.39 is 0 Å². The fourth-order valence-electron chi connectivity index (χ4n) is 1.56. The number of anilines is 3. The summed E-state index contributed by atoms with van der Waals surface area (Å²) >= 11 is 2.28. The minimum absolute atomic E-state index is 0.240. The highest BCUT2D eigenvalue weighted by atomic mass is 127. The summed E-state index contributed by atoms with van der Waals surface area (Å²) in [6.07, 6.45) is 0. The fraction of sp³-hybridized carbons (Fsp3) is 0.231. The number of hydrogen-bond donors (Lipinski definition) is 3. The average molecular weight is 369 g/mol. The van der Waals surface area contributed by atoms with Gasteiger partial charge < -0.3 is 10.7 Å². The summed E-state index contributed by atoms with van der Waals surface area (Å²) in [6, 6.07) is 9.81. The maximum Gasteiger partial charge on any atom is 0.145 e. The van der Waals surface area contributed by atoms with Crippen LogP contribution in [0.5, 0.6) is 0 Å². The van der Waals surface area contributed by atoms with Crippen LogP contribution < -0.4 is 16.6 Å². The number of aromatic nitrogens is 2. The van der Waals surface area contributed by atoms with Crippen molar-refractivity contribution in [3.8, 4) is 0 Å². The van der Waals surface area contributed by atoms with Crippen molar-refractivity contribution in [1.82, 2.24) is 9.97 Å². The molecule has 2 aromatic rings. The van der Waals surface area contributed by atoms with Crippen molar-refractivity contribution >= 4 is 39.9 Å². The van der Waals surface area contributed by atoms with Crippen LogP contribution in [0.15, 0.2) is 30.3 Å². The molecule has 1 aromatic carbocycles. The molecule has 0 amide bonds. The quantitative estimate of drug-likeness (QED) is 0.438. The SMILES string of the molecule is CC(C)c1nc(NN)cc(Nc2ccccc2I)n1. The molecular weight excluding hydrogens is 353 g/mol. The first-order valence-electron chi connectivity index (χ1n) is 5.97. The first-order valence-corrected chi connectivity index (χ1v) is 7.05. The molecule has 0 bridgehead atoms. The van der Waals surface area contributed by atoms with E-state index in [1.54, 1.807) is 6.07 Å². The maximum absolute atomic E-state index is 5.44. The Morgan fingerprint density at radius 1 is 1.16 bits per heavy atom. The zero-order valence-corrected chi connectivity index (χ0v) is 13.0. The smallest absolute Gasteiger partial charge is 0.145 e. The molecule has 0 fully saturated rings. The van der Waals surface area contributed by atoms with Gasteiger partial charge in [0.1, 0.15) is 17.5 Å². The number of para-hydroxylation sites is 1. The normalized spacial score (nSPS) is 10.6. The molecule has 1 aromatic heterocycles. The van der Waals surface area contributed by atoms with Gasteiger partial charge >= 0.3 is 0 Å². The Morgan fingerprint density at radius 3 is 2.47 bits per heavy atom. The number of hydrogen-bond acceptors (Lipinski definition) is 5. The summed E-state index contributed by atoms with van der Waals surface area (Å²) in [4.78, 5) is 8.82. The molecule has 0 aliphatic rings. The predicted octanol–water partition coefficient (Wildman–Crippen LogP) is 3.23. The molecule has 0 aliphatic carbocycles. The summed E-state index contributed by atoms with van der Waals surface area (Å²) in [5.41, 5.74) is 3.58. The average Bonchev–Trinajstić information content (AvgIpc) is 2.41. The summed E-state index contributed by atoms with van der Waals surface area (Å²) in [6.45, 7) is 4.09. The van der Waals surface area contributed by atoms with Gasteiger partial charge in [-0.15, -0.1) is 0 Å². The molecule has 1 heterocycles. The Labute approximate surface area is 126 Å². The lowest BCUT2D eigenvalue weighted by molar-refractivity contribution is 0.777. The summed E-state index contributed by atoms with van der Waals surface area (Å²) in [5.74, 6) is 7.77.